The maximum Gasteiger partial charge on any atom is 0.195 e. The summed E-state index contributed by atoms with van der Waals surface area (Å²) < 4.78 is 9.84. The Kier molecular flexibility index (Phi) is 1.93. The van der Waals surface area contributed by atoms with Crippen LogP contribution in [-0.2, 0) is 0 Å². The maximum atomic E-state index is 5.03. The third kappa shape index (κ3) is 1.39. The zero-order valence-electron chi connectivity index (χ0n) is 6.11. The minimum absolute atomic E-state index is 0.601. The minimum Gasteiger partial charge on any atom is -0.449 e. The standard InChI is InChI=1S/C6H4BrN3OS/c1-3-8-4(2-11-3)5-9-6(7)12-10-5/h2H,1H3. The van der Waals surface area contributed by atoms with Gasteiger partial charge in [0.15, 0.2) is 15.6 Å². The molecule has 4 nitrogen and oxygen atoms in total. The van der Waals surface area contributed by atoms with E-state index in [4.69, 9.17) is 4.42 Å². The van der Waals surface area contributed by atoms with E-state index in [1.807, 2.05) is 0 Å². The third-order valence-electron chi connectivity index (χ3n) is 1.25. The fourth-order valence-electron chi connectivity index (χ4n) is 0.775. The molecule has 0 atom stereocenters. The van der Waals surface area contributed by atoms with Crippen LogP contribution in [0.15, 0.2) is 14.6 Å². The second-order valence-corrected chi connectivity index (χ2v) is 4.15. The Morgan fingerprint density at radius 3 is 2.83 bits per heavy atom. The molecule has 0 bridgehead atoms. The maximum absolute atomic E-state index is 5.03. The number of hydrogen-bond donors (Lipinski definition) is 0. The van der Waals surface area contributed by atoms with Crippen molar-refractivity contribution in [1.29, 1.82) is 0 Å². The number of rotatable bonds is 1. The summed E-state index contributed by atoms with van der Waals surface area (Å²) in [6, 6.07) is 0. The van der Waals surface area contributed by atoms with Gasteiger partial charge in [0.1, 0.15) is 12.0 Å². The van der Waals surface area contributed by atoms with Crippen LogP contribution >= 0.6 is 27.5 Å². The minimum atomic E-state index is 0.601. The summed E-state index contributed by atoms with van der Waals surface area (Å²) in [5.74, 6) is 1.22. The van der Waals surface area contributed by atoms with Crippen LogP contribution in [0.5, 0.6) is 0 Å². The van der Waals surface area contributed by atoms with Gasteiger partial charge in [0.05, 0.1) is 0 Å². The first-order valence-electron chi connectivity index (χ1n) is 3.17. The van der Waals surface area contributed by atoms with Gasteiger partial charge in [0, 0.05) is 6.92 Å². The van der Waals surface area contributed by atoms with Crippen molar-refractivity contribution in [2.24, 2.45) is 0 Å². The molecule has 0 saturated carbocycles. The topological polar surface area (TPSA) is 51.8 Å². The lowest BCUT2D eigenvalue weighted by Crippen LogP contribution is -1.79. The summed E-state index contributed by atoms with van der Waals surface area (Å²) in [7, 11) is 0. The van der Waals surface area contributed by atoms with Crippen LogP contribution in [0, 0.1) is 6.92 Å². The van der Waals surface area contributed by atoms with Crippen molar-refractivity contribution in [2.75, 3.05) is 0 Å². The van der Waals surface area contributed by atoms with Crippen molar-refractivity contribution >= 4 is 27.5 Å². The van der Waals surface area contributed by atoms with E-state index in [1.165, 1.54) is 11.5 Å². The van der Waals surface area contributed by atoms with Crippen LogP contribution in [0.25, 0.3) is 11.5 Å². The molecule has 0 radical (unpaired) electrons. The van der Waals surface area contributed by atoms with Gasteiger partial charge in [-0.05, 0) is 27.5 Å². The highest BCUT2D eigenvalue weighted by atomic mass is 79.9. The van der Waals surface area contributed by atoms with E-state index in [2.05, 4.69) is 30.3 Å². The van der Waals surface area contributed by atoms with Gasteiger partial charge in [-0.15, -0.1) is 0 Å². The number of hydrogen-bond acceptors (Lipinski definition) is 5. The largest absolute Gasteiger partial charge is 0.449 e. The first-order chi connectivity index (χ1) is 5.75. The highest BCUT2D eigenvalue weighted by Gasteiger charge is 2.08. The Balaban J connectivity index is 2.43. The Bertz CT molecular complexity index is 359. The summed E-state index contributed by atoms with van der Waals surface area (Å²) >= 11 is 4.51. The zero-order chi connectivity index (χ0) is 8.55. The number of oxazole rings is 1. The second-order valence-electron chi connectivity index (χ2n) is 2.12. The molecule has 0 aliphatic carbocycles. The molecule has 0 spiro atoms. The van der Waals surface area contributed by atoms with Crippen LogP contribution in [0.4, 0.5) is 0 Å². The lowest BCUT2D eigenvalue weighted by atomic mass is 10.5. The molecule has 0 aliphatic rings. The van der Waals surface area contributed by atoms with Gasteiger partial charge in [0.25, 0.3) is 0 Å². The molecular formula is C6H4BrN3OS. The molecule has 0 amide bonds. The number of halogens is 1. The lowest BCUT2D eigenvalue weighted by molar-refractivity contribution is 0.521. The molecule has 0 N–H and O–H groups in total. The Morgan fingerprint density at radius 1 is 1.50 bits per heavy atom. The van der Waals surface area contributed by atoms with Crippen molar-refractivity contribution < 1.29 is 4.42 Å². The van der Waals surface area contributed by atoms with E-state index in [-0.39, 0.29) is 0 Å². The van der Waals surface area contributed by atoms with Crippen molar-refractivity contribution in [1.82, 2.24) is 14.3 Å². The molecule has 12 heavy (non-hydrogen) atoms. The molecule has 2 heterocycles. The van der Waals surface area contributed by atoms with E-state index < -0.39 is 0 Å². The summed E-state index contributed by atoms with van der Waals surface area (Å²) in [5, 5.41) is 0. The SMILES string of the molecule is Cc1nc(-c2nsc(Br)n2)co1. The molecule has 2 aromatic rings. The fourth-order valence-corrected chi connectivity index (χ4v) is 1.58. The van der Waals surface area contributed by atoms with Gasteiger partial charge in [-0.25, -0.2) is 9.97 Å². The van der Waals surface area contributed by atoms with Crippen molar-refractivity contribution in [3.8, 4) is 11.5 Å². The molecule has 6 heteroatoms. The summed E-state index contributed by atoms with van der Waals surface area (Å²) in [6.07, 6.45) is 1.55. The van der Waals surface area contributed by atoms with Gasteiger partial charge in [-0.1, -0.05) is 0 Å². The molecule has 0 unspecified atom stereocenters. The molecule has 0 fully saturated rings. The zero-order valence-corrected chi connectivity index (χ0v) is 8.52. The van der Waals surface area contributed by atoms with Gasteiger partial charge in [-0.2, -0.15) is 4.37 Å². The Morgan fingerprint density at radius 2 is 2.33 bits per heavy atom. The quantitative estimate of drug-likeness (QED) is 0.774. The van der Waals surface area contributed by atoms with Gasteiger partial charge in [-0.3, -0.25) is 0 Å². The number of aryl methyl sites for hydroxylation is 1. The fraction of sp³-hybridized carbons (Fsp3) is 0.167. The van der Waals surface area contributed by atoms with Gasteiger partial charge in [0.2, 0.25) is 0 Å². The van der Waals surface area contributed by atoms with E-state index in [0.717, 1.165) is 3.92 Å². The molecule has 0 saturated heterocycles. The smallest absolute Gasteiger partial charge is 0.195 e. The average molecular weight is 246 g/mol. The van der Waals surface area contributed by atoms with Crippen molar-refractivity contribution in [2.45, 2.75) is 6.92 Å². The summed E-state index contributed by atoms with van der Waals surface area (Å²) in [5.41, 5.74) is 0.675. The lowest BCUT2D eigenvalue weighted by Gasteiger charge is -1.80. The second kappa shape index (κ2) is 2.95. The van der Waals surface area contributed by atoms with E-state index >= 15 is 0 Å². The Labute approximate surface area is 81.0 Å². The van der Waals surface area contributed by atoms with Crippen LogP contribution in [0.3, 0.4) is 0 Å². The Hall–Kier alpha value is -0.750. The summed E-state index contributed by atoms with van der Waals surface area (Å²) in [4.78, 5) is 8.18. The van der Waals surface area contributed by atoms with Crippen LogP contribution in [0.2, 0.25) is 0 Å². The van der Waals surface area contributed by atoms with Gasteiger partial charge < -0.3 is 4.42 Å². The van der Waals surface area contributed by atoms with Crippen LogP contribution < -0.4 is 0 Å². The molecule has 2 aromatic heterocycles. The third-order valence-corrected chi connectivity index (χ3v) is 2.37. The normalized spacial score (nSPS) is 10.5. The highest BCUT2D eigenvalue weighted by Crippen LogP contribution is 2.20. The van der Waals surface area contributed by atoms with E-state index in [9.17, 15) is 0 Å². The predicted octanol–water partition coefficient (Wildman–Crippen LogP) is 2.26. The van der Waals surface area contributed by atoms with Crippen molar-refractivity contribution in [3.63, 3.8) is 0 Å². The molecule has 0 aliphatic heterocycles. The first-order valence-corrected chi connectivity index (χ1v) is 4.74. The number of aromatic nitrogens is 3. The predicted molar refractivity (Wildman–Crippen MR) is 47.8 cm³/mol. The van der Waals surface area contributed by atoms with Crippen LogP contribution in [0.1, 0.15) is 5.89 Å². The van der Waals surface area contributed by atoms with Gasteiger partial charge >= 0.3 is 0 Å². The molecule has 0 aromatic carbocycles. The first kappa shape index (κ1) is 7.88. The van der Waals surface area contributed by atoms with E-state index in [1.54, 1.807) is 13.2 Å². The molecular weight excluding hydrogens is 242 g/mol. The van der Waals surface area contributed by atoms with Crippen molar-refractivity contribution in [3.05, 3.63) is 16.1 Å². The summed E-state index contributed by atoms with van der Waals surface area (Å²) in [6.45, 7) is 1.78. The number of nitrogens with zero attached hydrogens (tertiary/aromatic N) is 3. The monoisotopic (exact) mass is 245 g/mol. The molecule has 2 rings (SSSR count). The average Bonchev–Trinajstić information content (AvgIpc) is 2.58. The van der Waals surface area contributed by atoms with Crippen LogP contribution in [-0.4, -0.2) is 14.3 Å². The highest BCUT2D eigenvalue weighted by molar-refractivity contribution is 9.11. The molecule has 62 valence electrons. The van der Waals surface area contributed by atoms with E-state index in [0.29, 0.717) is 17.4 Å².